The average molecular weight is 379 g/mol. The first-order valence-corrected chi connectivity index (χ1v) is 8.76. The summed E-state index contributed by atoms with van der Waals surface area (Å²) in [7, 11) is 3.15. The van der Waals surface area contributed by atoms with Crippen LogP contribution in [0.3, 0.4) is 0 Å². The number of nitrogens with one attached hydrogen (secondary N) is 2. The summed E-state index contributed by atoms with van der Waals surface area (Å²) in [6.07, 6.45) is 0. The topological polar surface area (TPSA) is 98.7 Å². The van der Waals surface area contributed by atoms with E-state index in [2.05, 4.69) is 10.6 Å². The van der Waals surface area contributed by atoms with Crippen LogP contribution in [0.4, 0.5) is 17.1 Å². The molecule has 0 fully saturated rings. The van der Waals surface area contributed by atoms with Gasteiger partial charge in [0.1, 0.15) is 11.4 Å². The highest BCUT2D eigenvalue weighted by Crippen LogP contribution is 2.32. The molecule has 0 saturated heterocycles. The van der Waals surface area contributed by atoms with Crippen molar-refractivity contribution >= 4 is 23.0 Å². The predicted molar refractivity (Wildman–Crippen MR) is 109 cm³/mol. The molecule has 0 aliphatic carbocycles. The van der Waals surface area contributed by atoms with E-state index < -0.39 is 10.9 Å². The smallest absolute Gasteiger partial charge is 0.257 e. The number of carbonyl (C=O) groups is 1. The van der Waals surface area contributed by atoms with E-state index in [9.17, 15) is 19.5 Å². The molecule has 0 saturated carbocycles. The summed E-state index contributed by atoms with van der Waals surface area (Å²) in [5.41, 5.74) is 0.165. The van der Waals surface area contributed by atoms with Gasteiger partial charge in [-0.2, -0.15) is 0 Å². The molecular formula is C21H21N3O4. The maximum absolute atomic E-state index is 12.2. The Morgan fingerprint density at radius 1 is 0.964 bits per heavy atom. The van der Waals surface area contributed by atoms with E-state index in [4.69, 9.17) is 0 Å². The van der Waals surface area contributed by atoms with Crippen molar-refractivity contribution in [3.05, 3.63) is 80.1 Å². The lowest BCUT2D eigenvalue weighted by Crippen LogP contribution is -2.37. The van der Waals surface area contributed by atoms with E-state index >= 15 is 0 Å². The number of nitrogens with zero attached hydrogens (tertiary/aromatic N) is 1. The number of aromatic hydroxyl groups is 1. The average Bonchev–Trinajstić information content (AvgIpc) is 2.71. The summed E-state index contributed by atoms with van der Waals surface area (Å²) in [5.74, 6) is -0.654. The first-order chi connectivity index (χ1) is 13.3. The van der Waals surface area contributed by atoms with Crippen molar-refractivity contribution in [2.75, 3.05) is 24.7 Å². The summed E-state index contributed by atoms with van der Waals surface area (Å²) in [4.78, 5) is 37.6. The monoisotopic (exact) mass is 379 g/mol. The fourth-order valence-corrected chi connectivity index (χ4v) is 2.88. The molecule has 3 aromatic carbocycles. The molecule has 1 atom stereocenters. The largest absolute Gasteiger partial charge is 0.505 e. The van der Waals surface area contributed by atoms with E-state index in [1.807, 2.05) is 37.3 Å². The van der Waals surface area contributed by atoms with Crippen molar-refractivity contribution in [2.24, 2.45) is 0 Å². The van der Waals surface area contributed by atoms with Crippen LogP contribution in [0.25, 0.3) is 0 Å². The van der Waals surface area contributed by atoms with Crippen LogP contribution < -0.4 is 21.5 Å². The molecule has 3 N–H and O–H groups in total. The maximum Gasteiger partial charge on any atom is 0.257 e. The summed E-state index contributed by atoms with van der Waals surface area (Å²) in [5, 5.41) is 16.3. The third-order valence-electron chi connectivity index (χ3n) is 4.50. The van der Waals surface area contributed by atoms with Crippen LogP contribution in [0, 0.1) is 0 Å². The van der Waals surface area contributed by atoms with E-state index in [0.29, 0.717) is 0 Å². The number of hydrogen-bond acceptors (Lipinski definition) is 6. The molecule has 3 rings (SSSR count). The molecule has 144 valence electrons. The Labute approximate surface area is 161 Å². The number of para-hydroxylation sites is 1. The van der Waals surface area contributed by atoms with Gasteiger partial charge in [0.15, 0.2) is 5.75 Å². The van der Waals surface area contributed by atoms with Crippen molar-refractivity contribution in [2.45, 2.75) is 13.0 Å². The van der Waals surface area contributed by atoms with Gasteiger partial charge in [-0.15, -0.1) is 0 Å². The quantitative estimate of drug-likeness (QED) is 0.450. The summed E-state index contributed by atoms with van der Waals surface area (Å²) in [6, 6.07) is 13.9. The second kappa shape index (κ2) is 7.56. The fraction of sp³-hybridized carbons (Fsp3) is 0.190. The zero-order chi connectivity index (χ0) is 20.4. The van der Waals surface area contributed by atoms with Crippen molar-refractivity contribution in [3.8, 4) is 5.75 Å². The molecule has 1 amide bonds. The molecule has 7 heteroatoms. The molecular weight excluding hydrogens is 358 g/mol. The molecule has 0 radical (unpaired) electrons. The van der Waals surface area contributed by atoms with E-state index in [-0.39, 0.29) is 40.3 Å². The van der Waals surface area contributed by atoms with Crippen LogP contribution in [0.1, 0.15) is 28.9 Å². The number of phenolic OH excluding ortho intramolecular Hbond substituents is 1. The van der Waals surface area contributed by atoms with Gasteiger partial charge in [0.2, 0.25) is 0 Å². The van der Waals surface area contributed by atoms with Crippen LogP contribution in [0.5, 0.6) is 5.75 Å². The van der Waals surface area contributed by atoms with Crippen molar-refractivity contribution in [3.63, 3.8) is 0 Å². The zero-order valence-corrected chi connectivity index (χ0v) is 15.8. The van der Waals surface area contributed by atoms with Crippen molar-refractivity contribution < 1.29 is 9.90 Å². The van der Waals surface area contributed by atoms with Gasteiger partial charge in [0.25, 0.3) is 16.8 Å². The second-order valence-corrected chi connectivity index (χ2v) is 6.71. The minimum Gasteiger partial charge on any atom is -0.505 e. The Balaban J connectivity index is 1.88. The molecule has 0 aromatic heterocycles. The van der Waals surface area contributed by atoms with Crippen LogP contribution in [-0.4, -0.2) is 30.0 Å². The first-order valence-electron chi connectivity index (χ1n) is 8.76. The molecule has 0 heterocycles. The van der Waals surface area contributed by atoms with Gasteiger partial charge in [0.05, 0.1) is 11.3 Å². The van der Waals surface area contributed by atoms with Crippen molar-refractivity contribution in [1.82, 2.24) is 4.90 Å². The van der Waals surface area contributed by atoms with Gasteiger partial charge in [-0.05, 0) is 24.6 Å². The highest BCUT2D eigenvalue weighted by molar-refractivity contribution is 5.99. The molecule has 1 unspecified atom stereocenters. The minimum absolute atomic E-state index is 0.0672. The second-order valence-electron chi connectivity index (χ2n) is 6.71. The molecule has 0 spiro atoms. The zero-order valence-electron chi connectivity index (χ0n) is 15.8. The number of phenols is 1. The highest BCUT2D eigenvalue weighted by Gasteiger charge is 2.24. The Bertz CT molecular complexity index is 1080. The lowest BCUT2D eigenvalue weighted by Gasteiger charge is -2.20. The molecule has 0 aliphatic heterocycles. The normalized spacial score (nSPS) is 11.8. The number of benzene rings is 2. The highest BCUT2D eigenvalue weighted by atomic mass is 16.3. The summed E-state index contributed by atoms with van der Waals surface area (Å²) in [6.45, 7) is 1.88. The summed E-state index contributed by atoms with van der Waals surface area (Å²) >= 11 is 0. The fourth-order valence-electron chi connectivity index (χ4n) is 2.88. The van der Waals surface area contributed by atoms with Crippen molar-refractivity contribution in [1.29, 1.82) is 0 Å². The third kappa shape index (κ3) is 3.46. The number of hydrogen-bond donors (Lipinski definition) is 3. The number of anilines is 3. The van der Waals surface area contributed by atoms with Crippen LogP contribution in [-0.2, 0) is 0 Å². The Hall–Kier alpha value is -3.61. The Morgan fingerprint density at radius 3 is 2.25 bits per heavy atom. The lowest BCUT2D eigenvalue weighted by atomic mass is 10.1. The van der Waals surface area contributed by atoms with Gasteiger partial charge in [-0.25, -0.2) is 0 Å². The standard InChI is InChI=1S/C21H21N3O4/c1-12(13-8-5-4-6-9-13)22-16-17(20(27)19(16)26)23-15-11-7-10-14(18(15)25)21(28)24(2)3/h4-12,22-23,25H,1-3H3. The third-order valence-corrected chi connectivity index (χ3v) is 4.50. The summed E-state index contributed by atoms with van der Waals surface area (Å²) < 4.78 is 0. The number of rotatable bonds is 6. The Kier molecular flexibility index (Phi) is 5.17. The molecule has 7 nitrogen and oxygen atoms in total. The number of amides is 1. The van der Waals surface area contributed by atoms with Crippen LogP contribution in [0.2, 0.25) is 0 Å². The van der Waals surface area contributed by atoms with E-state index in [0.717, 1.165) is 5.56 Å². The van der Waals surface area contributed by atoms with E-state index in [1.165, 1.54) is 17.0 Å². The molecule has 0 aliphatic rings. The predicted octanol–water partition coefficient (Wildman–Crippen LogP) is 2.61. The maximum atomic E-state index is 12.2. The van der Waals surface area contributed by atoms with Gasteiger partial charge in [-0.3, -0.25) is 14.4 Å². The SMILES string of the molecule is CC(Nc1c(Nc2cccc(C(=O)N(C)C)c2O)c(=O)c1=O)c1ccccc1. The van der Waals surface area contributed by atoms with Gasteiger partial charge >= 0.3 is 0 Å². The number of carbonyl (C=O) groups excluding carboxylic acids is 1. The van der Waals surface area contributed by atoms with Crippen LogP contribution >= 0.6 is 0 Å². The van der Waals surface area contributed by atoms with Gasteiger partial charge < -0.3 is 20.6 Å². The first kappa shape index (κ1) is 19.2. The Morgan fingerprint density at radius 2 is 1.61 bits per heavy atom. The molecule has 3 aromatic rings. The lowest BCUT2D eigenvalue weighted by molar-refractivity contribution is 0.0824. The van der Waals surface area contributed by atoms with Crippen LogP contribution in [0.15, 0.2) is 58.1 Å². The van der Waals surface area contributed by atoms with Gasteiger partial charge in [0, 0.05) is 20.1 Å². The van der Waals surface area contributed by atoms with E-state index in [1.54, 1.807) is 20.2 Å². The van der Waals surface area contributed by atoms with Gasteiger partial charge in [-0.1, -0.05) is 36.4 Å². The molecule has 0 bridgehead atoms. The minimum atomic E-state index is -0.675. The molecule has 28 heavy (non-hydrogen) atoms.